The zero-order chi connectivity index (χ0) is 11.2. The van der Waals surface area contributed by atoms with Crippen molar-refractivity contribution in [3.8, 4) is 0 Å². The van der Waals surface area contributed by atoms with Crippen LogP contribution in [0.15, 0.2) is 42.5 Å². The standard InChI is InChI=1S/C15H18O/c1-15(16,13-5-3-2-4-6-13)14-10-11-7-8-12(14)9-11/h2-8,11-12,14,16H,9-10H2,1H3/t11-,12-,14-,15-/m0/s1. The van der Waals surface area contributed by atoms with E-state index in [1.54, 1.807) is 0 Å². The monoisotopic (exact) mass is 214 g/mol. The van der Waals surface area contributed by atoms with Crippen LogP contribution in [0.4, 0.5) is 0 Å². The first kappa shape index (κ1) is 10.1. The fourth-order valence-corrected chi connectivity index (χ4v) is 3.42. The normalized spacial score (nSPS) is 35.2. The molecule has 84 valence electrons. The number of hydrogen-bond acceptors (Lipinski definition) is 1. The molecule has 0 saturated heterocycles. The van der Waals surface area contributed by atoms with Crippen LogP contribution >= 0.6 is 0 Å². The Morgan fingerprint density at radius 2 is 1.88 bits per heavy atom. The van der Waals surface area contributed by atoms with Gasteiger partial charge in [-0.05, 0) is 43.1 Å². The van der Waals surface area contributed by atoms with E-state index >= 15 is 0 Å². The molecule has 1 N–H and O–H groups in total. The second kappa shape index (κ2) is 3.46. The van der Waals surface area contributed by atoms with E-state index in [0.29, 0.717) is 17.8 Å². The summed E-state index contributed by atoms with van der Waals surface area (Å²) in [5.74, 6) is 1.69. The molecule has 2 aliphatic rings. The van der Waals surface area contributed by atoms with E-state index < -0.39 is 5.60 Å². The Kier molecular flexibility index (Phi) is 2.18. The SMILES string of the molecule is C[C@](O)(c1ccccc1)[C@H]1C[C@H]2C=C[C@H]1C2. The molecule has 0 aromatic heterocycles. The molecular formula is C15H18O. The highest BCUT2D eigenvalue weighted by Gasteiger charge is 2.45. The van der Waals surface area contributed by atoms with Crippen molar-refractivity contribution >= 4 is 0 Å². The first-order valence-electron chi connectivity index (χ1n) is 6.14. The number of aliphatic hydroxyl groups is 1. The van der Waals surface area contributed by atoms with Crippen LogP contribution in [0, 0.1) is 17.8 Å². The van der Waals surface area contributed by atoms with E-state index in [0.717, 1.165) is 12.0 Å². The molecular weight excluding hydrogens is 196 g/mol. The summed E-state index contributed by atoms with van der Waals surface area (Å²) < 4.78 is 0. The van der Waals surface area contributed by atoms with Gasteiger partial charge in [0.2, 0.25) is 0 Å². The van der Waals surface area contributed by atoms with Gasteiger partial charge in [0.05, 0.1) is 5.60 Å². The van der Waals surface area contributed by atoms with E-state index in [9.17, 15) is 5.11 Å². The van der Waals surface area contributed by atoms with Crippen LogP contribution in [0.5, 0.6) is 0 Å². The summed E-state index contributed by atoms with van der Waals surface area (Å²) >= 11 is 0. The van der Waals surface area contributed by atoms with Crippen molar-refractivity contribution in [3.05, 3.63) is 48.0 Å². The molecule has 1 nitrogen and oxygen atoms in total. The van der Waals surface area contributed by atoms with Gasteiger partial charge in [0, 0.05) is 0 Å². The van der Waals surface area contributed by atoms with Crippen LogP contribution in [-0.2, 0) is 5.60 Å². The fraction of sp³-hybridized carbons (Fsp3) is 0.467. The summed E-state index contributed by atoms with van der Waals surface area (Å²) in [5.41, 5.74) is 0.381. The Morgan fingerprint density at radius 3 is 2.44 bits per heavy atom. The van der Waals surface area contributed by atoms with Gasteiger partial charge in [-0.1, -0.05) is 42.5 Å². The number of benzene rings is 1. The number of rotatable bonds is 2. The minimum atomic E-state index is -0.675. The van der Waals surface area contributed by atoms with Crippen molar-refractivity contribution in [2.75, 3.05) is 0 Å². The predicted octanol–water partition coefficient (Wildman–Crippen LogP) is 3.11. The lowest BCUT2D eigenvalue weighted by Gasteiger charge is -2.34. The largest absolute Gasteiger partial charge is 0.385 e. The Morgan fingerprint density at radius 1 is 1.12 bits per heavy atom. The van der Waals surface area contributed by atoms with E-state index in [1.807, 2.05) is 37.3 Å². The van der Waals surface area contributed by atoms with E-state index in [4.69, 9.17) is 0 Å². The Hall–Kier alpha value is -1.08. The second-order valence-electron chi connectivity index (χ2n) is 5.40. The third kappa shape index (κ3) is 1.42. The summed E-state index contributed by atoms with van der Waals surface area (Å²) in [5, 5.41) is 10.8. The quantitative estimate of drug-likeness (QED) is 0.750. The summed E-state index contributed by atoms with van der Waals surface area (Å²) in [6.07, 6.45) is 7.01. The summed E-state index contributed by atoms with van der Waals surface area (Å²) in [4.78, 5) is 0. The highest BCUT2D eigenvalue weighted by atomic mass is 16.3. The fourth-order valence-electron chi connectivity index (χ4n) is 3.42. The first-order valence-corrected chi connectivity index (χ1v) is 6.14. The van der Waals surface area contributed by atoms with Gasteiger partial charge in [-0.15, -0.1) is 0 Å². The summed E-state index contributed by atoms with van der Waals surface area (Å²) in [6, 6.07) is 10.1. The molecule has 1 heteroatoms. The Labute approximate surface area is 96.8 Å². The third-order valence-corrected chi connectivity index (χ3v) is 4.36. The topological polar surface area (TPSA) is 20.2 Å². The molecule has 1 fully saturated rings. The average molecular weight is 214 g/mol. The van der Waals surface area contributed by atoms with Gasteiger partial charge in [0.15, 0.2) is 0 Å². The summed E-state index contributed by atoms with van der Waals surface area (Å²) in [7, 11) is 0. The smallest absolute Gasteiger partial charge is 0.0902 e. The lowest BCUT2D eigenvalue weighted by Crippen LogP contribution is -2.34. The van der Waals surface area contributed by atoms with Crippen molar-refractivity contribution in [2.45, 2.75) is 25.4 Å². The van der Waals surface area contributed by atoms with E-state index in [2.05, 4.69) is 12.2 Å². The molecule has 2 aliphatic carbocycles. The van der Waals surface area contributed by atoms with E-state index in [-0.39, 0.29) is 0 Å². The van der Waals surface area contributed by atoms with Crippen LogP contribution in [0.25, 0.3) is 0 Å². The van der Waals surface area contributed by atoms with Crippen LogP contribution < -0.4 is 0 Å². The minimum absolute atomic E-state index is 0.393. The minimum Gasteiger partial charge on any atom is -0.385 e. The molecule has 1 aromatic carbocycles. The molecule has 4 atom stereocenters. The van der Waals surface area contributed by atoms with Crippen molar-refractivity contribution < 1.29 is 5.11 Å². The van der Waals surface area contributed by atoms with Gasteiger partial charge >= 0.3 is 0 Å². The predicted molar refractivity (Wildman–Crippen MR) is 64.9 cm³/mol. The van der Waals surface area contributed by atoms with Gasteiger partial charge in [0.25, 0.3) is 0 Å². The average Bonchev–Trinajstić information content (AvgIpc) is 2.92. The lowest BCUT2D eigenvalue weighted by atomic mass is 9.76. The third-order valence-electron chi connectivity index (χ3n) is 4.36. The maximum atomic E-state index is 10.8. The Balaban J connectivity index is 1.91. The van der Waals surface area contributed by atoms with Crippen LogP contribution in [0.2, 0.25) is 0 Å². The van der Waals surface area contributed by atoms with Crippen molar-refractivity contribution in [1.29, 1.82) is 0 Å². The molecule has 2 bridgehead atoms. The molecule has 1 saturated carbocycles. The zero-order valence-corrected chi connectivity index (χ0v) is 9.63. The molecule has 0 radical (unpaired) electrons. The molecule has 0 amide bonds. The lowest BCUT2D eigenvalue weighted by molar-refractivity contribution is -0.0170. The van der Waals surface area contributed by atoms with Crippen LogP contribution in [-0.4, -0.2) is 5.11 Å². The molecule has 3 rings (SSSR count). The van der Waals surface area contributed by atoms with Crippen LogP contribution in [0.1, 0.15) is 25.3 Å². The molecule has 16 heavy (non-hydrogen) atoms. The zero-order valence-electron chi connectivity index (χ0n) is 9.63. The van der Waals surface area contributed by atoms with Crippen molar-refractivity contribution in [2.24, 2.45) is 17.8 Å². The first-order chi connectivity index (χ1) is 7.68. The molecule has 0 unspecified atom stereocenters. The Bertz CT molecular complexity index is 405. The van der Waals surface area contributed by atoms with Gasteiger partial charge < -0.3 is 5.11 Å². The summed E-state index contributed by atoms with van der Waals surface area (Å²) in [6.45, 7) is 1.97. The van der Waals surface area contributed by atoms with E-state index in [1.165, 1.54) is 6.42 Å². The highest BCUT2D eigenvalue weighted by Crippen LogP contribution is 2.50. The maximum Gasteiger partial charge on any atom is 0.0902 e. The molecule has 1 aromatic rings. The van der Waals surface area contributed by atoms with Gasteiger partial charge in [-0.3, -0.25) is 0 Å². The maximum absolute atomic E-state index is 10.8. The molecule has 0 spiro atoms. The number of hydrogen-bond donors (Lipinski definition) is 1. The highest BCUT2D eigenvalue weighted by molar-refractivity contribution is 5.25. The van der Waals surface area contributed by atoms with Crippen molar-refractivity contribution in [1.82, 2.24) is 0 Å². The van der Waals surface area contributed by atoms with Crippen LogP contribution in [0.3, 0.4) is 0 Å². The molecule has 0 aliphatic heterocycles. The second-order valence-corrected chi connectivity index (χ2v) is 5.40. The van der Waals surface area contributed by atoms with Gasteiger partial charge in [0.1, 0.15) is 0 Å². The van der Waals surface area contributed by atoms with Gasteiger partial charge in [-0.2, -0.15) is 0 Å². The number of fused-ring (bicyclic) bond motifs is 2. The van der Waals surface area contributed by atoms with Gasteiger partial charge in [-0.25, -0.2) is 0 Å². The molecule has 0 heterocycles. The number of allylic oxidation sites excluding steroid dienone is 2. The van der Waals surface area contributed by atoms with Crippen molar-refractivity contribution in [3.63, 3.8) is 0 Å².